The fourth-order valence-corrected chi connectivity index (χ4v) is 1.73. The normalized spacial score (nSPS) is 21.1. The van der Waals surface area contributed by atoms with Gasteiger partial charge in [0.1, 0.15) is 0 Å². The molecule has 0 saturated carbocycles. The van der Waals surface area contributed by atoms with E-state index in [0.29, 0.717) is 5.46 Å². The maximum Gasteiger partial charge on any atom is 0.499 e. The maximum atomic E-state index is 11.5. The first-order valence-electron chi connectivity index (χ1n) is 5.80. The summed E-state index contributed by atoms with van der Waals surface area (Å²) in [6.07, 6.45) is 1.42. The number of ether oxygens (including phenoxy) is 1. The van der Waals surface area contributed by atoms with Gasteiger partial charge in [0.25, 0.3) is 0 Å². The van der Waals surface area contributed by atoms with Crippen molar-refractivity contribution in [2.45, 2.75) is 38.9 Å². The van der Waals surface area contributed by atoms with Crippen LogP contribution >= 0.6 is 0 Å². The molecule has 1 aliphatic rings. The third-order valence-electron chi connectivity index (χ3n) is 3.57. The van der Waals surface area contributed by atoms with Gasteiger partial charge in [-0.05, 0) is 33.8 Å². The lowest BCUT2D eigenvalue weighted by molar-refractivity contribution is 0.00578. The standard InChI is InChI=1S/C12H17BO5/c1-11(2)12(3,4)18-13(17-11)8-6-7-16-9(8)10(14)15-5/h6-7H,1-5H3. The number of methoxy groups -OCH3 is 1. The van der Waals surface area contributed by atoms with Crippen molar-refractivity contribution in [2.75, 3.05) is 7.11 Å². The summed E-state index contributed by atoms with van der Waals surface area (Å²) in [5.74, 6) is -0.416. The van der Waals surface area contributed by atoms with E-state index in [1.54, 1.807) is 6.07 Å². The molecule has 0 unspecified atom stereocenters. The number of esters is 1. The summed E-state index contributed by atoms with van der Waals surface area (Å²) < 4.78 is 21.5. The van der Waals surface area contributed by atoms with Crippen molar-refractivity contribution in [1.82, 2.24) is 0 Å². The molecule has 0 atom stereocenters. The number of rotatable bonds is 2. The van der Waals surface area contributed by atoms with Crippen LogP contribution < -0.4 is 5.46 Å². The highest BCUT2D eigenvalue weighted by Crippen LogP contribution is 2.36. The van der Waals surface area contributed by atoms with Gasteiger partial charge in [-0.3, -0.25) is 0 Å². The smallest absolute Gasteiger partial charge is 0.463 e. The Morgan fingerprint density at radius 1 is 1.22 bits per heavy atom. The molecular weight excluding hydrogens is 235 g/mol. The van der Waals surface area contributed by atoms with Crippen molar-refractivity contribution in [2.24, 2.45) is 0 Å². The molecule has 6 heteroatoms. The Labute approximate surface area is 107 Å². The molecule has 2 rings (SSSR count). The Bertz CT molecular complexity index is 447. The van der Waals surface area contributed by atoms with E-state index in [4.69, 9.17) is 13.7 Å². The number of hydrogen-bond acceptors (Lipinski definition) is 5. The molecule has 1 saturated heterocycles. The first kappa shape index (κ1) is 13.2. The fraction of sp³-hybridized carbons (Fsp3) is 0.583. The minimum absolute atomic E-state index is 0.121. The highest BCUT2D eigenvalue weighted by Gasteiger charge is 2.53. The number of hydrogen-bond donors (Lipinski definition) is 0. The van der Waals surface area contributed by atoms with Gasteiger partial charge in [-0.25, -0.2) is 4.79 Å². The Morgan fingerprint density at radius 2 is 1.78 bits per heavy atom. The highest BCUT2D eigenvalue weighted by atomic mass is 16.7. The van der Waals surface area contributed by atoms with Gasteiger partial charge >= 0.3 is 13.1 Å². The van der Waals surface area contributed by atoms with Crippen LogP contribution in [0.4, 0.5) is 0 Å². The van der Waals surface area contributed by atoms with E-state index >= 15 is 0 Å². The van der Waals surface area contributed by atoms with Crippen LogP contribution in [-0.4, -0.2) is 31.4 Å². The van der Waals surface area contributed by atoms with Gasteiger partial charge in [-0.2, -0.15) is 0 Å². The van der Waals surface area contributed by atoms with Crippen LogP contribution in [0.25, 0.3) is 0 Å². The van der Waals surface area contributed by atoms with Crippen molar-refractivity contribution in [3.8, 4) is 0 Å². The van der Waals surface area contributed by atoms with E-state index in [1.807, 2.05) is 27.7 Å². The van der Waals surface area contributed by atoms with Crippen molar-refractivity contribution in [3.63, 3.8) is 0 Å². The van der Waals surface area contributed by atoms with Gasteiger partial charge < -0.3 is 18.5 Å². The molecule has 0 spiro atoms. The molecule has 0 aromatic carbocycles. The lowest BCUT2D eigenvalue weighted by Crippen LogP contribution is -2.41. The highest BCUT2D eigenvalue weighted by molar-refractivity contribution is 6.63. The van der Waals surface area contributed by atoms with Gasteiger partial charge in [0, 0.05) is 5.46 Å². The van der Waals surface area contributed by atoms with E-state index < -0.39 is 24.3 Å². The molecule has 0 aliphatic carbocycles. The van der Waals surface area contributed by atoms with Gasteiger partial charge in [0.05, 0.1) is 24.6 Å². The largest absolute Gasteiger partial charge is 0.499 e. The minimum atomic E-state index is -0.622. The lowest BCUT2D eigenvalue weighted by Gasteiger charge is -2.32. The Morgan fingerprint density at radius 3 is 2.28 bits per heavy atom. The van der Waals surface area contributed by atoms with Crippen LogP contribution in [-0.2, 0) is 14.0 Å². The summed E-state index contributed by atoms with van der Waals surface area (Å²) in [5, 5.41) is 0. The molecule has 0 radical (unpaired) electrons. The minimum Gasteiger partial charge on any atom is -0.463 e. The number of carbonyl (C=O) groups excluding carboxylic acids is 1. The Balaban J connectivity index is 2.30. The zero-order chi connectivity index (χ0) is 13.6. The summed E-state index contributed by atoms with van der Waals surface area (Å²) in [4.78, 5) is 11.5. The lowest BCUT2D eigenvalue weighted by atomic mass is 9.79. The molecule has 18 heavy (non-hydrogen) atoms. The van der Waals surface area contributed by atoms with Gasteiger partial charge in [0.15, 0.2) is 0 Å². The molecule has 2 heterocycles. The van der Waals surface area contributed by atoms with E-state index in [0.717, 1.165) is 0 Å². The summed E-state index contributed by atoms with van der Waals surface area (Å²) in [6, 6.07) is 1.66. The summed E-state index contributed by atoms with van der Waals surface area (Å²) in [6.45, 7) is 7.80. The molecule has 1 aromatic heterocycles. The quantitative estimate of drug-likeness (QED) is 0.587. The van der Waals surface area contributed by atoms with Crippen LogP contribution in [0, 0.1) is 0 Å². The first-order valence-corrected chi connectivity index (χ1v) is 5.80. The van der Waals surface area contributed by atoms with E-state index in [1.165, 1.54) is 13.4 Å². The summed E-state index contributed by atoms with van der Waals surface area (Å²) >= 11 is 0. The van der Waals surface area contributed by atoms with Crippen molar-refractivity contribution < 1.29 is 23.3 Å². The third-order valence-corrected chi connectivity index (χ3v) is 3.57. The fourth-order valence-electron chi connectivity index (χ4n) is 1.73. The van der Waals surface area contributed by atoms with Crippen LogP contribution in [0.3, 0.4) is 0 Å². The predicted octanol–water partition coefficient (Wildman–Crippen LogP) is 1.37. The first-order chi connectivity index (χ1) is 8.28. The molecular formula is C12H17BO5. The molecule has 0 amide bonds. The second kappa shape index (κ2) is 4.14. The van der Waals surface area contributed by atoms with Gasteiger partial charge in [0.2, 0.25) is 5.76 Å². The second-order valence-corrected chi connectivity index (χ2v) is 5.28. The molecule has 1 fully saturated rings. The van der Waals surface area contributed by atoms with Crippen molar-refractivity contribution in [1.29, 1.82) is 0 Å². The van der Waals surface area contributed by atoms with Crippen LogP contribution in [0.5, 0.6) is 0 Å². The molecule has 5 nitrogen and oxygen atoms in total. The van der Waals surface area contributed by atoms with Crippen LogP contribution in [0.15, 0.2) is 16.7 Å². The average molecular weight is 252 g/mol. The Hall–Kier alpha value is -1.27. The Kier molecular flexibility index (Phi) is 3.03. The zero-order valence-electron chi connectivity index (χ0n) is 11.3. The van der Waals surface area contributed by atoms with Crippen LogP contribution in [0.1, 0.15) is 38.2 Å². The van der Waals surface area contributed by atoms with Crippen LogP contribution in [0.2, 0.25) is 0 Å². The molecule has 0 bridgehead atoms. The average Bonchev–Trinajstić information content (AvgIpc) is 2.81. The molecule has 98 valence electrons. The van der Waals surface area contributed by atoms with E-state index in [9.17, 15) is 4.79 Å². The van der Waals surface area contributed by atoms with Gasteiger partial charge in [-0.1, -0.05) is 0 Å². The third kappa shape index (κ3) is 1.95. The SMILES string of the molecule is COC(=O)c1occc1B1OC(C)(C)C(C)(C)O1. The summed E-state index contributed by atoms with van der Waals surface area (Å²) in [5.41, 5.74) is -0.356. The maximum absolute atomic E-state index is 11.5. The molecule has 1 aromatic rings. The topological polar surface area (TPSA) is 57.9 Å². The molecule has 0 N–H and O–H groups in total. The van der Waals surface area contributed by atoms with Crippen molar-refractivity contribution >= 4 is 18.6 Å². The second-order valence-electron chi connectivity index (χ2n) is 5.28. The van der Waals surface area contributed by atoms with Crippen molar-refractivity contribution in [3.05, 3.63) is 18.1 Å². The molecule has 1 aliphatic heterocycles. The van der Waals surface area contributed by atoms with E-state index in [-0.39, 0.29) is 5.76 Å². The zero-order valence-corrected chi connectivity index (χ0v) is 11.3. The number of furan rings is 1. The summed E-state index contributed by atoms with van der Waals surface area (Å²) in [7, 11) is 0.682. The predicted molar refractivity (Wildman–Crippen MR) is 65.8 cm³/mol. The monoisotopic (exact) mass is 252 g/mol. The van der Waals surface area contributed by atoms with E-state index in [2.05, 4.69) is 4.74 Å². The number of carbonyl (C=O) groups is 1. The van der Waals surface area contributed by atoms with Gasteiger partial charge in [-0.15, -0.1) is 0 Å².